The average Bonchev–Trinajstić information content (AvgIpc) is 3.06. The molecule has 0 spiro atoms. The monoisotopic (exact) mass is 424 g/mol. The second-order valence-electron chi connectivity index (χ2n) is 6.80. The summed E-state index contributed by atoms with van der Waals surface area (Å²) in [4.78, 5) is 20.1. The Morgan fingerprint density at radius 2 is 1.90 bits per heavy atom. The van der Waals surface area contributed by atoms with Crippen LogP contribution in [0.5, 0.6) is 11.5 Å². The molecule has 1 fully saturated rings. The summed E-state index contributed by atoms with van der Waals surface area (Å²) in [5.74, 6) is 1.34. The Kier molecular flexibility index (Phi) is 7.57. The fourth-order valence-electron chi connectivity index (χ4n) is 3.15. The fourth-order valence-corrected chi connectivity index (χ4v) is 4.20. The van der Waals surface area contributed by atoms with Gasteiger partial charge >= 0.3 is 0 Å². The Morgan fingerprint density at radius 1 is 1.10 bits per heavy atom. The zero-order valence-electron chi connectivity index (χ0n) is 18.0. The summed E-state index contributed by atoms with van der Waals surface area (Å²) in [5, 5.41) is 0.713. The molecule has 1 aliphatic rings. The number of para-hydroxylation sites is 1. The lowest BCUT2D eigenvalue weighted by Gasteiger charge is -2.13. The maximum atomic E-state index is 13.0. The van der Waals surface area contributed by atoms with Crippen LogP contribution in [0.1, 0.15) is 38.3 Å². The summed E-state index contributed by atoms with van der Waals surface area (Å²) in [6.45, 7) is 7.34. The molecule has 1 saturated heterocycles. The molecule has 30 heavy (non-hydrogen) atoms. The number of methoxy groups -OCH3 is 1. The molecule has 2 aromatic rings. The molecule has 158 valence electrons. The highest BCUT2D eigenvalue weighted by molar-refractivity contribution is 8.18. The molecule has 0 bridgehead atoms. The van der Waals surface area contributed by atoms with E-state index in [0.717, 1.165) is 24.1 Å². The van der Waals surface area contributed by atoms with Crippen LogP contribution in [-0.2, 0) is 11.2 Å². The number of carbonyl (C=O) groups is 1. The van der Waals surface area contributed by atoms with Crippen LogP contribution in [0.4, 0.5) is 5.69 Å². The second kappa shape index (κ2) is 10.3. The molecule has 0 aliphatic carbocycles. The number of aryl methyl sites for hydroxylation is 1. The van der Waals surface area contributed by atoms with Crippen molar-refractivity contribution in [1.82, 2.24) is 4.90 Å². The Labute approximate surface area is 182 Å². The van der Waals surface area contributed by atoms with Crippen molar-refractivity contribution in [2.24, 2.45) is 4.99 Å². The van der Waals surface area contributed by atoms with Crippen molar-refractivity contribution in [3.8, 4) is 11.5 Å². The van der Waals surface area contributed by atoms with Gasteiger partial charge in [-0.1, -0.05) is 38.1 Å². The quantitative estimate of drug-likeness (QED) is 0.512. The number of amidine groups is 1. The maximum Gasteiger partial charge on any atom is 0.266 e. The smallest absolute Gasteiger partial charge is 0.266 e. The molecule has 0 aromatic heterocycles. The Bertz CT molecular complexity index is 969. The minimum Gasteiger partial charge on any atom is -0.493 e. The summed E-state index contributed by atoms with van der Waals surface area (Å²) in [7, 11) is 1.62. The number of benzene rings is 2. The molecule has 3 rings (SSSR count). The van der Waals surface area contributed by atoms with Gasteiger partial charge in [0, 0.05) is 6.54 Å². The second-order valence-corrected chi connectivity index (χ2v) is 7.80. The largest absolute Gasteiger partial charge is 0.493 e. The number of aliphatic imine (C=N–C) groups is 1. The number of ether oxygens (including phenoxy) is 2. The van der Waals surface area contributed by atoms with E-state index in [-0.39, 0.29) is 5.91 Å². The normalized spacial score (nSPS) is 16.5. The molecule has 0 radical (unpaired) electrons. The predicted molar refractivity (Wildman–Crippen MR) is 125 cm³/mol. The van der Waals surface area contributed by atoms with Crippen LogP contribution in [0.25, 0.3) is 6.08 Å². The van der Waals surface area contributed by atoms with E-state index in [9.17, 15) is 4.79 Å². The Hall–Kier alpha value is -2.73. The van der Waals surface area contributed by atoms with Crippen molar-refractivity contribution in [2.75, 3.05) is 20.3 Å². The molecule has 0 unspecified atom stereocenters. The van der Waals surface area contributed by atoms with Gasteiger partial charge in [0.05, 0.1) is 24.3 Å². The van der Waals surface area contributed by atoms with Crippen molar-refractivity contribution in [3.63, 3.8) is 0 Å². The van der Waals surface area contributed by atoms with Gasteiger partial charge in [-0.3, -0.25) is 9.69 Å². The lowest BCUT2D eigenvalue weighted by molar-refractivity contribution is -0.122. The highest BCUT2D eigenvalue weighted by Gasteiger charge is 2.32. The van der Waals surface area contributed by atoms with E-state index in [1.165, 1.54) is 17.3 Å². The molecule has 0 saturated carbocycles. The summed E-state index contributed by atoms with van der Waals surface area (Å²) < 4.78 is 11.2. The number of likely N-dealkylation sites (N-methyl/N-ethyl adjacent to an activating group) is 1. The summed E-state index contributed by atoms with van der Waals surface area (Å²) >= 11 is 1.41. The van der Waals surface area contributed by atoms with Crippen LogP contribution in [0, 0.1) is 0 Å². The van der Waals surface area contributed by atoms with Crippen LogP contribution >= 0.6 is 11.8 Å². The van der Waals surface area contributed by atoms with Crippen LogP contribution in [0.2, 0.25) is 0 Å². The van der Waals surface area contributed by atoms with Gasteiger partial charge in [-0.15, -0.1) is 0 Å². The van der Waals surface area contributed by atoms with E-state index in [4.69, 9.17) is 14.5 Å². The number of amides is 1. The first kappa shape index (κ1) is 22.0. The highest BCUT2D eigenvalue weighted by atomic mass is 32.2. The zero-order valence-corrected chi connectivity index (χ0v) is 18.8. The number of hydrogen-bond donors (Lipinski definition) is 0. The third kappa shape index (κ3) is 4.87. The summed E-state index contributed by atoms with van der Waals surface area (Å²) in [5.41, 5.74) is 2.96. The van der Waals surface area contributed by atoms with Gasteiger partial charge in [-0.2, -0.15) is 0 Å². The van der Waals surface area contributed by atoms with Gasteiger partial charge < -0.3 is 9.47 Å². The Balaban J connectivity index is 1.91. The van der Waals surface area contributed by atoms with Gasteiger partial charge in [-0.25, -0.2) is 4.99 Å². The van der Waals surface area contributed by atoms with E-state index in [1.807, 2.05) is 49.4 Å². The van der Waals surface area contributed by atoms with E-state index in [1.54, 1.807) is 12.0 Å². The van der Waals surface area contributed by atoms with Crippen LogP contribution in [0.3, 0.4) is 0 Å². The lowest BCUT2D eigenvalue weighted by atomic mass is 10.1. The Morgan fingerprint density at radius 3 is 2.60 bits per heavy atom. The third-order valence-electron chi connectivity index (χ3n) is 4.74. The average molecular weight is 425 g/mol. The van der Waals surface area contributed by atoms with Gasteiger partial charge in [0.25, 0.3) is 5.91 Å². The molecular weight excluding hydrogens is 396 g/mol. The first-order chi connectivity index (χ1) is 14.6. The van der Waals surface area contributed by atoms with Gasteiger partial charge in [0.1, 0.15) is 0 Å². The van der Waals surface area contributed by atoms with E-state index in [0.29, 0.717) is 34.7 Å². The molecule has 6 heteroatoms. The molecule has 0 N–H and O–H groups in total. The topological polar surface area (TPSA) is 51.1 Å². The van der Waals surface area contributed by atoms with Crippen LogP contribution in [0.15, 0.2) is 52.4 Å². The SMILES string of the molecule is CCCOc1ccc(/C=C2/SC(=Nc3ccccc3CC)N(CC)C2=O)cc1OC. The number of thioether (sulfide) groups is 1. The maximum absolute atomic E-state index is 13.0. The van der Waals surface area contributed by atoms with Crippen molar-refractivity contribution in [3.05, 3.63) is 58.5 Å². The van der Waals surface area contributed by atoms with Crippen molar-refractivity contribution in [1.29, 1.82) is 0 Å². The molecule has 2 aromatic carbocycles. The molecule has 1 heterocycles. The van der Waals surface area contributed by atoms with Crippen molar-refractivity contribution < 1.29 is 14.3 Å². The predicted octanol–water partition coefficient (Wildman–Crippen LogP) is 5.67. The molecule has 0 atom stereocenters. The lowest BCUT2D eigenvalue weighted by Crippen LogP contribution is -2.28. The van der Waals surface area contributed by atoms with Crippen LogP contribution in [-0.4, -0.2) is 36.2 Å². The van der Waals surface area contributed by atoms with Crippen molar-refractivity contribution in [2.45, 2.75) is 33.6 Å². The highest BCUT2D eigenvalue weighted by Crippen LogP contribution is 2.36. The zero-order chi connectivity index (χ0) is 21.5. The standard InChI is InChI=1S/C24H28N2O3S/c1-5-14-29-20-13-12-17(15-21(20)28-4)16-22-23(27)26(7-3)24(30-22)25-19-11-9-8-10-18(19)6-2/h8-13,15-16H,5-7,14H2,1-4H3/b22-16+,25-24?. The molecular formula is C24H28N2O3S. The number of nitrogens with zero attached hydrogens (tertiary/aromatic N) is 2. The first-order valence-electron chi connectivity index (χ1n) is 10.3. The number of carbonyl (C=O) groups excluding carboxylic acids is 1. The minimum absolute atomic E-state index is 0.0273. The molecule has 5 nitrogen and oxygen atoms in total. The first-order valence-corrected chi connectivity index (χ1v) is 11.1. The molecule has 1 aliphatic heterocycles. The minimum atomic E-state index is -0.0273. The summed E-state index contributed by atoms with van der Waals surface area (Å²) in [6, 6.07) is 13.8. The van der Waals surface area contributed by atoms with E-state index >= 15 is 0 Å². The van der Waals surface area contributed by atoms with E-state index in [2.05, 4.69) is 19.9 Å². The van der Waals surface area contributed by atoms with Crippen LogP contribution < -0.4 is 9.47 Å². The number of rotatable bonds is 8. The van der Waals surface area contributed by atoms with E-state index < -0.39 is 0 Å². The fraction of sp³-hybridized carbons (Fsp3) is 0.333. The summed E-state index contributed by atoms with van der Waals surface area (Å²) in [6.07, 6.45) is 3.71. The third-order valence-corrected chi connectivity index (χ3v) is 5.75. The van der Waals surface area contributed by atoms with Gasteiger partial charge in [0.15, 0.2) is 16.7 Å². The van der Waals surface area contributed by atoms with Gasteiger partial charge in [-0.05, 0) is 66.9 Å². The number of hydrogen-bond acceptors (Lipinski definition) is 5. The molecule has 1 amide bonds. The van der Waals surface area contributed by atoms with Gasteiger partial charge in [0.2, 0.25) is 0 Å². The van der Waals surface area contributed by atoms with Crippen molar-refractivity contribution >= 4 is 34.6 Å².